The largest absolute Gasteiger partial charge is 0.496 e. The second kappa shape index (κ2) is 8.82. The van der Waals surface area contributed by atoms with E-state index >= 15 is 0 Å². The molecule has 0 aliphatic carbocycles. The van der Waals surface area contributed by atoms with E-state index in [0.29, 0.717) is 29.2 Å². The van der Waals surface area contributed by atoms with Crippen LogP contribution in [0.25, 0.3) is 11.1 Å². The van der Waals surface area contributed by atoms with Crippen LogP contribution < -0.4 is 10.5 Å². The molecule has 1 fully saturated rings. The molecule has 2 amide bonds. The van der Waals surface area contributed by atoms with Gasteiger partial charge in [-0.3, -0.25) is 9.59 Å². The number of amides is 2. The fourth-order valence-electron chi connectivity index (χ4n) is 4.33. The number of carbonyl (C=O) groups excluding carboxylic acids is 2. The smallest absolute Gasteiger partial charge is 0.259 e. The highest BCUT2D eigenvalue weighted by atomic mass is 35.5. The van der Waals surface area contributed by atoms with Gasteiger partial charge in [0.2, 0.25) is 5.91 Å². The molecular weight excluding hydrogens is 412 g/mol. The average molecular weight is 435 g/mol. The number of nitrogens with zero attached hydrogens (tertiary/aromatic N) is 1. The van der Waals surface area contributed by atoms with Gasteiger partial charge in [0.1, 0.15) is 11.8 Å². The van der Waals surface area contributed by atoms with Gasteiger partial charge in [-0.2, -0.15) is 0 Å². The molecule has 0 aromatic heterocycles. The van der Waals surface area contributed by atoms with E-state index < -0.39 is 11.9 Å². The van der Waals surface area contributed by atoms with Crippen molar-refractivity contribution in [2.75, 3.05) is 7.11 Å². The first-order valence-corrected chi connectivity index (χ1v) is 10.5. The Bertz CT molecular complexity index is 1120. The zero-order chi connectivity index (χ0) is 22.0. The van der Waals surface area contributed by atoms with Crippen molar-refractivity contribution in [2.24, 2.45) is 5.73 Å². The summed E-state index contributed by atoms with van der Waals surface area (Å²) in [6, 6.07) is 21.4. The Kier molecular flexibility index (Phi) is 5.96. The molecule has 1 heterocycles. The van der Waals surface area contributed by atoms with Gasteiger partial charge in [-0.25, -0.2) is 0 Å². The Labute approximate surface area is 186 Å². The molecule has 158 valence electrons. The number of hydrogen-bond donors (Lipinski definition) is 1. The van der Waals surface area contributed by atoms with E-state index in [-0.39, 0.29) is 11.9 Å². The normalized spacial score (nSPS) is 18.1. The van der Waals surface area contributed by atoms with Crippen LogP contribution >= 0.6 is 11.6 Å². The van der Waals surface area contributed by atoms with E-state index in [4.69, 9.17) is 22.1 Å². The van der Waals surface area contributed by atoms with E-state index in [9.17, 15) is 9.59 Å². The Morgan fingerprint density at radius 1 is 0.968 bits per heavy atom. The zero-order valence-corrected chi connectivity index (χ0v) is 17.9. The van der Waals surface area contributed by atoms with E-state index in [1.807, 2.05) is 60.7 Å². The van der Waals surface area contributed by atoms with Crippen LogP contribution in [-0.2, 0) is 4.79 Å². The molecule has 3 aromatic carbocycles. The molecule has 31 heavy (non-hydrogen) atoms. The van der Waals surface area contributed by atoms with Crippen LogP contribution in [-0.4, -0.2) is 29.9 Å². The highest BCUT2D eigenvalue weighted by Gasteiger charge is 2.43. The summed E-state index contributed by atoms with van der Waals surface area (Å²) >= 11 is 6.45. The van der Waals surface area contributed by atoms with E-state index in [0.717, 1.165) is 16.7 Å². The monoisotopic (exact) mass is 434 g/mol. The summed E-state index contributed by atoms with van der Waals surface area (Å²) in [4.78, 5) is 27.9. The highest BCUT2D eigenvalue weighted by Crippen LogP contribution is 2.42. The highest BCUT2D eigenvalue weighted by molar-refractivity contribution is 6.31. The topological polar surface area (TPSA) is 72.6 Å². The first-order chi connectivity index (χ1) is 15.0. The molecule has 1 aliphatic heterocycles. The van der Waals surface area contributed by atoms with Crippen molar-refractivity contribution in [3.05, 3.63) is 88.9 Å². The molecular formula is C25H23ClN2O3. The SMILES string of the molecule is COc1cccc(-c2ccccc2)c1C(=O)N1C(C(N)=O)CCC1c1ccccc1Cl. The van der Waals surface area contributed by atoms with Crippen LogP contribution in [0.3, 0.4) is 0 Å². The quantitative estimate of drug-likeness (QED) is 0.624. The van der Waals surface area contributed by atoms with Crippen molar-refractivity contribution in [2.45, 2.75) is 24.9 Å². The van der Waals surface area contributed by atoms with Crippen molar-refractivity contribution in [3.8, 4) is 16.9 Å². The van der Waals surface area contributed by atoms with Gasteiger partial charge in [-0.15, -0.1) is 0 Å². The number of halogens is 1. The summed E-state index contributed by atoms with van der Waals surface area (Å²) < 4.78 is 5.56. The third-order valence-electron chi connectivity index (χ3n) is 5.76. The number of rotatable bonds is 5. The van der Waals surface area contributed by atoms with Crippen LogP contribution in [0.15, 0.2) is 72.8 Å². The Hall–Kier alpha value is -3.31. The van der Waals surface area contributed by atoms with Crippen LogP contribution in [0, 0.1) is 0 Å². The van der Waals surface area contributed by atoms with Gasteiger partial charge in [-0.1, -0.05) is 72.3 Å². The molecule has 5 nitrogen and oxygen atoms in total. The fourth-order valence-corrected chi connectivity index (χ4v) is 4.60. The van der Waals surface area contributed by atoms with Crippen LogP contribution in [0.1, 0.15) is 34.8 Å². The van der Waals surface area contributed by atoms with Crippen LogP contribution in [0.4, 0.5) is 0 Å². The van der Waals surface area contributed by atoms with Crippen molar-refractivity contribution >= 4 is 23.4 Å². The van der Waals surface area contributed by atoms with Crippen molar-refractivity contribution in [1.29, 1.82) is 0 Å². The third-order valence-corrected chi connectivity index (χ3v) is 6.10. The lowest BCUT2D eigenvalue weighted by Gasteiger charge is -2.31. The van der Waals surface area contributed by atoms with Crippen molar-refractivity contribution in [1.82, 2.24) is 4.90 Å². The molecule has 3 aromatic rings. The molecule has 6 heteroatoms. The molecule has 0 bridgehead atoms. The average Bonchev–Trinajstić information content (AvgIpc) is 3.24. The summed E-state index contributed by atoms with van der Waals surface area (Å²) in [5.41, 5.74) is 8.53. The van der Waals surface area contributed by atoms with Gasteiger partial charge in [0.15, 0.2) is 0 Å². The second-order valence-corrected chi connectivity index (χ2v) is 7.90. The lowest BCUT2D eigenvalue weighted by Crippen LogP contribution is -2.45. The van der Waals surface area contributed by atoms with Gasteiger partial charge in [0, 0.05) is 5.02 Å². The van der Waals surface area contributed by atoms with Crippen molar-refractivity contribution < 1.29 is 14.3 Å². The third kappa shape index (κ3) is 3.89. The summed E-state index contributed by atoms with van der Waals surface area (Å²) in [7, 11) is 1.53. The predicted octanol–water partition coefficient (Wildman–Crippen LogP) is 4.85. The van der Waals surface area contributed by atoms with Crippen LogP contribution in [0.5, 0.6) is 5.75 Å². The van der Waals surface area contributed by atoms with Gasteiger partial charge in [0.25, 0.3) is 5.91 Å². The number of hydrogen-bond acceptors (Lipinski definition) is 3. The maximum Gasteiger partial charge on any atom is 0.259 e. The first-order valence-electron chi connectivity index (χ1n) is 10.1. The van der Waals surface area contributed by atoms with Gasteiger partial charge in [-0.05, 0) is 41.7 Å². The number of ether oxygens (including phenoxy) is 1. The molecule has 0 spiro atoms. The van der Waals surface area contributed by atoms with Crippen LogP contribution in [0.2, 0.25) is 5.02 Å². The number of benzene rings is 3. The molecule has 2 atom stereocenters. The lowest BCUT2D eigenvalue weighted by atomic mass is 9.96. The number of nitrogens with two attached hydrogens (primary N) is 1. The molecule has 2 unspecified atom stereocenters. The molecule has 2 N–H and O–H groups in total. The van der Waals surface area contributed by atoms with Gasteiger partial charge >= 0.3 is 0 Å². The van der Waals surface area contributed by atoms with Gasteiger partial charge < -0.3 is 15.4 Å². The summed E-state index contributed by atoms with van der Waals surface area (Å²) in [5, 5.41) is 0.554. The summed E-state index contributed by atoms with van der Waals surface area (Å²) in [6.45, 7) is 0. The standard InChI is InChI=1S/C25H23ClN2O3/c1-31-22-13-7-11-17(16-8-3-2-4-9-16)23(22)25(30)28-20(14-15-21(28)24(27)29)18-10-5-6-12-19(18)26/h2-13,20-21H,14-15H2,1H3,(H2,27,29). The molecule has 1 saturated heterocycles. The lowest BCUT2D eigenvalue weighted by molar-refractivity contribution is -0.122. The minimum absolute atomic E-state index is 0.303. The fraction of sp³-hybridized carbons (Fsp3) is 0.200. The maximum atomic E-state index is 14.0. The number of methoxy groups -OCH3 is 1. The number of carbonyl (C=O) groups is 2. The Morgan fingerprint density at radius 3 is 2.35 bits per heavy atom. The zero-order valence-electron chi connectivity index (χ0n) is 17.1. The molecule has 1 aliphatic rings. The minimum Gasteiger partial charge on any atom is -0.496 e. The van der Waals surface area contributed by atoms with Gasteiger partial charge in [0.05, 0.1) is 18.7 Å². The van der Waals surface area contributed by atoms with E-state index in [1.165, 1.54) is 7.11 Å². The number of primary amides is 1. The minimum atomic E-state index is -0.720. The first kappa shape index (κ1) is 20.9. The predicted molar refractivity (Wildman–Crippen MR) is 121 cm³/mol. The molecule has 4 rings (SSSR count). The molecule has 0 radical (unpaired) electrons. The molecule has 0 saturated carbocycles. The summed E-state index contributed by atoms with van der Waals surface area (Å²) in [6.07, 6.45) is 1.08. The van der Waals surface area contributed by atoms with E-state index in [2.05, 4.69) is 0 Å². The number of likely N-dealkylation sites (tertiary alicyclic amines) is 1. The second-order valence-electron chi connectivity index (χ2n) is 7.49. The van der Waals surface area contributed by atoms with E-state index in [1.54, 1.807) is 17.0 Å². The Balaban J connectivity index is 1.87. The Morgan fingerprint density at radius 2 is 1.68 bits per heavy atom. The van der Waals surface area contributed by atoms with Crippen molar-refractivity contribution in [3.63, 3.8) is 0 Å². The maximum absolute atomic E-state index is 14.0. The summed E-state index contributed by atoms with van der Waals surface area (Å²) in [5.74, 6) is -0.388.